The van der Waals surface area contributed by atoms with Crippen LogP contribution in [0, 0.1) is 19.7 Å². The van der Waals surface area contributed by atoms with Crippen molar-refractivity contribution in [1.29, 1.82) is 0 Å². The molecule has 0 radical (unpaired) electrons. The average Bonchev–Trinajstić information content (AvgIpc) is 3.52. The Bertz CT molecular complexity index is 2510. The Labute approximate surface area is 322 Å². The molecule has 8 aromatic carbocycles. The summed E-state index contributed by atoms with van der Waals surface area (Å²) in [7, 11) is 0. The van der Waals surface area contributed by atoms with Crippen molar-refractivity contribution in [2.24, 2.45) is 9.98 Å². The van der Waals surface area contributed by atoms with Gasteiger partial charge in [0.2, 0.25) is 0 Å². The van der Waals surface area contributed by atoms with Gasteiger partial charge in [-0.05, 0) is 75.9 Å². The van der Waals surface area contributed by atoms with Crippen LogP contribution >= 0.6 is 0 Å². The van der Waals surface area contributed by atoms with Crippen molar-refractivity contribution in [3.05, 3.63) is 250 Å². The van der Waals surface area contributed by atoms with Gasteiger partial charge in [0.15, 0.2) is 0 Å². The summed E-state index contributed by atoms with van der Waals surface area (Å²) in [5, 5.41) is 2.26. The molecule has 1 aliphatic rings. The monoisotopic (exact) mass is 710 g/mol. The van der Waals surface area contributed by atoms with Gasteiger partial charge in [0.05, 0.1) is 22.8 Å². The predicted molar refractivity (Wildman–Crippen MR) is 226 cm³/mol. The van der Waals surface area contributed by atoms with E-state index in [9.17, 15) is 0 Å². The van der Waals surface area contributed by atoms with Crippen molar-refractivity contribution in [1.82, 2.24) is 0 Å². The Kier molecular flexibility index (Phi) is 9.05. The lowest BCUT2D eigenvalue weighted by molar-refractivity contribution is 0.622. The molecule has 1 aliphatic carbocycles. The van der Waals surface area contributed by atoms with Gasteiger partial charge < -0.3 is 0 Å². The maximum atomic E-state index is 16.7. The van der Waals surface area contributed by atoms with Gasteiger partial charge in [-0.2, -0.15) is 0 Å². The number of halogens is 1. The van der Waals surface area contributed by atoms with Crippen molar-refractivity contribution in [2.75, 3.05) is 0 Å². The second-order valence-electron chi connectivity index (χ2n) is 14.3. The number of benzene rings is 8. The number of aliphatic imine (C=N–C) groups is 2. The number of hydrogen-bond donors (Lipinski definition) is 0. The standard InChI is InChI=1S/C52H39FN2/c1-34-18-15-19-35(2)49(34)54-51-42-30-16-28-40-29-17-31-43(48(40)42)52(51)55-50-44(46(36-20-7-3-8-21-36)37-22-9-4-10-23-37)32-41(53)33-45(50)47(38-24-11-5-12-25-38)39-26-13-6-14-27-39/h3-33,46-47H,1-2H3. The van der Waals surface area contributed by atoms with E-state index < -0.39 is 0 Å². The van der Waals surface area contributed by atoms with E-state index in [0.29, 0.717) is 0 Å². The zero-order valence-corrected chi connectivity index (χ0v) is 30.8. The first-order valence-electron chi connectivity index (χ1n) is 18.8. The number of nitrogens with zero attached hydrogens (tertiary/aromatic N) is 2. The summed E-state index contributed by atoms with van der Waals surface area (Å²) >= 11 is 0. The molecule has 0 aromatic heterocycles. The van der Waals surface area contributed by atoms with Crippen LogP contribution in [-0.4, -0.2) is 11.4 Å². The fourth-order valence-corrected chi connectivity index (χ4v) is 8.32. The SMILES string of the molecule is Cc1cccc(C)c1N=C1C(=Nc2c(C(c3ccccc3)c3ccccc3)cc(F)cc2C(c2ccccc2)c2ccccc2)c2cccc3cccc1c23. The first-order valence-corrected chi connectivity index (χ1v) is 18.8. The van der Waals surface area contributed by atoms with E-state index in [-0.39, 0.29) is 17.7 Å². The van der Waals surface area contributed by atoms with Crippen LogP contribution in [0.4, 0.5) is 15.8 Å². The van der Waals surface area contributed by atoms with E-state index in [4.69, 9.17) is 9.98 Å². The van der Waals surface area contributed by atoms with Gasteiger partial charge in [0.1, 0.15) is 5.82 Å². The van der Waals surface area contributed by atoms with E-state index in [1.807, 2.05) is 24.3 Å². The van der Waals surface area contributed by atoms with Crippen LogP contribution in [-0.2, 0) is 0 Å². The van der Waals surface area contributed by atoms with Gasteiger partial charge >= 0.3 is 0 Å². The summed E-state index contributed by atoms with van der Waals surface area (Å²) in [6, 6.07) is 64.1. The van der Waals surface area contributed by atoms with Crippen LogP contribution in [0.25, 0.3) is 10.8 Å². The molecule has 3 heteroatoms. The molecule has 0 amide bonds. The summed E-state index contributed by atoms with van der Waals surface area (Å²) in [6.45, 7) is 4.22. The molecule has 264 valence electrons. The Morgan fingerprint density at radius 1 is 0.400 bits per heavy atom. The number of rotatable bonds is 8. The first-order chi connectivity index (χ1) is 27.0. The Morgan fingerprint density at radius 3 is 1.16 bits per heavy atom. The number of aryl methyl sites for hydroxylation is 2. The van der Waals surface area contributed by atoms with E-state index in [1.165, 1.54) is 0 Å². The smallest absolute Gasteiger partial charge is 0.123 e. The van der Waals surface area contributed by atoms with Crippen molar-refractivity contribution < 1.29 is 4.39 Å². The normalized spacial score (nSPS) is 13.8. The number of hydrogen-bond acceptors (Lipinski definition) is 2. The highest BCUT2D eigenvalue weighted by molar-refractivity contribution is 6.61. The van der Waals surface area contributed by atoms with E-state index in [0.717, 1.165) is 89.2 Å². The average molecular weight is 711 g/mol. The highest BCUT2D eigenvalue weighted by Gasteiger charge is 2.32. The van der Waals surface area contributed by atoms with Crippen LogP contribution in [0.1, 0.15) is 67.5 Å². The Morgan fingerprint density at radius 2 is 0.764 bits per heavy atom. The largest absolute Gasteiger partial charge is 0.246 e. The molecular formula is C52H39FN2. The fraction of sp³-hybridized carbons (Fsp3) is 0.0769. The summed E-state index contributed by atoms with van der Waals surface area (Å²) in [5.74, 6) is -0.909. The van der Waals surface area contributed by atoms with Crippen LogP contribution in [0.2, 0.25) is 0 Å². The van der Waals surface area contributed by atoms with Gasteiger partial charge in [-0.15, -0.1) is 0 Å². The molecule has 0 unspecified atom stereocenters. The lowest BCUT2D eigenvalue weighted by Crippen LogP contribution is -2.13. The maximum absolute atomic E-state index is 16.7. The molecule has 0 bridgehead atoms. The van der Waals surface area contributed by atoms with E-state index >= 15 is 4.39 Å². The van der Waals surface area contributed by atoms with Gasteiger partial charge in [-0.1, -0.05) is 176 Å². The Balaban J connectivity index is 1.42. The predicted octanol–water partition coefficient (Wildman–Crippen LogP) is 13.2. The molecule has 0 atom stereocenters. The quantitative estimate of drug-likeness (QED) is 0.140. The summed E-state index contributed by atoms with van der Waals surface area (Å²) < 4.78 is 16.7. The lowest BCUT2D eigenvalue weighted by Gasteiger charge is -2.26. The summed E-state index contributed by atoms with van der Waals surface area (Å²) in [6.07, 6.45) is 0. The molecule has 0 aliphatic heterocycles. The second kappa shape index (κ2) is 14.6. The highest BCUT2D eigenvalue weighted by atomic mass is 19.1. The third kappa shape index (κ3) is 6.38. The highest BCUT2D eigenvalue weighted by Crippen LogP contribution is 2.46. The molecule has 0 spiro atoms. The molecule has 55 heavy (non-hydrogen) atoms. The van der Waals surface area contributed by atoms with Crippen LogP contribution in [0.5, 0.6) is 0 Å². The van der Waals surface area contributed by atoms with Gasteiger partial charge in [-0.25, -0.2) is 14.4 Å². The third-order valence-corrected chi connectivity index (χ3v) is 10.8. The molecule has 0 heterocycles. The van der Waals surface area contributed by atoms with Crippen molar-refractivity contribution >= 4 is 33.6 Å². The minimum Gasteiger partial charge on any atom is -0.246 e. The molecule has 0 N–H and O–H groups in total. The molecule has 2 nitrogen and oxygen atoms in total. The van der Waals surface area contributed by atoms with E-state index in [2.05, 4.69) is 166 Å². The zero-order chi connectivity index (χ0) is 37.3. The van der Waals surface area contributed by atoms with Gasteiger partial charge in [-0.3, -0.25) is 0 Å². The Hall–Kier alpha value is -6.71. The minimum atomic E-state index is -0.304. The zero-order valence-electron chi connectivity index (χ0n) is 30.8. The van der Waals surface area contributed by atoms with Crippen LogP contribution in [0.15, 0.2) is 198 Å². The van der Waals surface area contributed by atoms with Gasteiger partial charge in [0, 0.05) is 28.3 Å². The second-order valence-corrected chi connectivity index (χ2v) is 14.3. The first kappa shape index (κ1) is 34.1. The maximum Gasteiger partial charge on any atom is 0.123 e. The number of para-hydroxylation sites is 1. The van der Waals surface area contributed by atoms with Gasteiger partial charge in [0.25, 0.3) is 0 Å². The molecule has 0 fully saturated rings. The summed E-state index contributed by atoms with van der Waals surface area (Å²) in [5.41, 5.74) is 13.4. The van der Waals surface area contributed by atoms with E-state index in [1.54, 1.807) is 12.1 Å². The molecule has 8 aromatic rings. The molecule has 0 saturated carbocycles. The van der Waals surface area contributed by atoms with Crippen LogP contribution in [0.3, 0.4) is 0 Å². The topological polar surface area (TPSA) is 24.7 Å². The van der Waals surface area contributed by atoms with Crippen molar-refractivity contribution in [3.63, 3.8) is 0 Å². The van der Waals surface area contributed by atoms with Crippen molar-refractivity contribution in [3.8, 4) is 0 Å². The third-order valence-electron chi connectivity index (χ3n) is 10.8. The molecule has 9 rings (SSSR count). The molecular weight excluding hydrogens is 672 g/mol. The minimum absolute atomic E-state index is 0.302. The molecule has 0 saturated heterocycles. The van der Waals surface area contributed by atoms with Crippen LogP contribution < -0.4 is 0 Å². The van der Waals surface area contributed by atoms with Crippen molar-refractivity contribution in [2.45, 2.75) is 25.7 Å². The lowest BCUT2D eigenvalue weighted by atomic mass is 9.79. The summed E-state index contributed by atoms with van der Waals surface area (Å²) in [4.78, 5) is 11.3. The fourth-order valence-electron chi connectivity index (χ4n) is 8.32.